The monoisotopic (exact) mass is 381 g/mol. The average molecular weight is 381 g/mol. The predicted molar refractivity (Wildman–Crippen MR) is 94.3 cm³/mol. The fraction of sp³-hybridized carbons (Fsp3) is 0.278. The van der Waals surface area contributed by atoms with Gasteiger partial charge in [0.25, 0.3) is 5.90 Å². The molecule has 0 saturated carbocycles. The Labute approximate surface area is 154 Å². The average Bonchev–Trinajstić information content (AvgIpc) is 2.65. The first-order valence-corrected chi connectivity index (χ1v) is 7.85. The molecule has 1 heterocycles. The second-order valence-corrected chi connectivity index (χ2v) is 5.22. The highest BCUT2D eigenvalue weighted by Crippen LogP contribution is 2.29. The van der Waals surface area contributed by atoms with Gasteiger partial charge in [0.1, 0.15) is 23.9 Å². The number of nitrogens with zero attached hydrogens (tertiary/aromatic N) is 2. The van der Waals surface area contributed by atoms with Crippen LogP contribution in [0, 0.1) is 11.2 Å². The number of methoxy groups -OCH3 is 1. The second-order valence-electron chi connectivity index (χ2n) is 5.22. The van der Waals surface area contributed by atoms with Gasteiger partial charge in [-0.1, -0.05) is 0 Å². The van der Waals surface area contributed by atoms with Crippen molar-refractivity contribution in [2.75, 3.05) is 27.4 Å². The summed E-state index contributed by atoms with van der Waals surface area (Å²) in [5, 5.41) is 7.14. The fourth-order valence-corrected chi connectivity index (χ4v) is 2.19. The molecule has 27 heavy (non-hydrogen) atoms. The van der Waals surface area contributed by atoms with E-state index in [-0.39, 0.29) is 18.1 Å². The van der Waals surface area contributed by atoms with Crippen LogP contribution >= 0.6 is 0 Å². The minimum atomic E-state index is -3.11. The molecule has 2 rings (SSSR count). The number of benzene rings is 1. The van der Waals surface area contributed by atoms with E-state index < -0.39 is 18.1 Å². The van der Waals surface area contributed by atoms with Crippen LogP contribution < -0.4 is 4.74 Å². The highest BCUT2D eigenvalue weighted by Gasteiger charge is 2.18. The number of aliphatic imine (C=N–C) groups is 1. The quantitative estimate of drug-likeness (QED) is 0.452. The summed E-state index contributed by atoms with van der Waals surface area (Å²) in [7, 11) is 2.83. The number of alkyl halides is 2. The van der Waals surface area contributed by atoms with Crippen LogP contribution in [0.5, 0.6) is 5.75 Å². The van der Waals surface area contributed by atoms with Crippen LogP contribution in [0.3, 0.4) is 0 Å². The smallest absolute Gasteiger partial charge is 0.312 e. The number of pyridine rings is 1. The summed E-state index contributed by atoms with van der Waals surface area (Å²) in [4.78, 5) is 7.93. The molecule has 0 fully saturated rings. The number of aromatic nitrogens is 1. The summed E-state index contributed by atoms with van der Waals surface area (Å²) in [5.41, 5.74) is 0.784. The Kier molecular flexibility index (Phi) is 7.30. The van der Waals surface area contributed by atoms with E-state index in [4.69, 9.17) is 19.6 Å². The zero-order chi connectivity index (χ0) is 19.8. The molecule has 1 N–H and O–H groups in total. The summed E-state index contributed by atoms with van der Waals surface area (Å²) in [6.07, 6.45) is -1.59. The number of hydrogen-bond acceptors (Lipinski definition) is 6. The molecule has 0 atom stereocenters. The molecule has 0 aliphatic carbocycles. The zero-order valence-electron chi connectivity index (χ0n) is 14.7. The van der Waals surface area contributed by atoms with E-state index in [1.807, 2.05) is 0 Å². The lowest BCUT2D eigenvalue weighted by atomic mass is 10.1. The van der Waals surface area contributed by atoms with Crippen molar-refractivity contribution in [1.29, 1.82) is 5.41 Å². The van der Waals surface area contributed by atoms with Crippen LogP contribution in [0.25, 0.3) is 11.3 Å². The van der Waals surface area contributed by atoms with Gasteiger partial charge in [-0.15, -0.1) is 0 Å². The molecular weight excluding hydrogens is 363 g/mol. The Morgan fingerprint density at radius 1 is 1.26 bits per heavy atom. The number of halogens is 3. The van der Waals surface area contributed by atoms with Gasteiger partial charge < -0.3 is 14.2 Å². The maximum atomic E-state index is 14.1. The third kappa shape index (κ3) is 5.52. The van der Waals surface area contributed by atoms with Gasteiger partial charge in [-0.2, -0.15) is 8.78 Å². The molecule has 0 bridgehead atoms. The van der Waals surface area contributed by atoms with Crippen molar-refractivity contribution in [2.24, 2.45) is 4.99 Å². The van der Waals surface area contributed by atoms with E-state index in [2.05, 4.69) is 9.98 Å². The third-order valence-electron chi connectivity index (χ3n) is 3.34. The largest absolute Gasteiger partial charge is 0.489 e. The molecule has 0 spiro atoms. The van der Waals surface area contributed by atoms with Gasteiger partial charge in [0.2, 0.25) is 5.90 Å². The van der Waals surface area contributed by atoms with Crippen molar-refractivity contribution in [2.45, 2.75) is 6.43 Å². The van der Waals surface area contributed by atoms with Crippen LogP contribution in [0.15, 0.2) is 41.5 Å². The summed E-state index contributed by atoms with van der Waals surface area (Å²) in [5.74, 6) is -1.83. The molecule has 0 unspecified atom stereocenters. The Morgan fingerprint density at radius 3 is 2.70 bits per heavy atom. The van der Waals surface area contributed by atoms with E-state index in [9.17, 15) is 13.2 Å². The zero-order valence-corrected chi connectivity index (χ0v) is 14.7. The van der Waals surface area contributed by atoms with Gasteiger partial charge >= 0.3 is 6.43 Å². The molecule has 0 aliphatic rings. The van der Waals surface area contributed by atoms with Gasteiger partial charge in [0.15, 0.2) is 0 Å². The lowest BCUT2D eigenvalue weighted by Gasteiger charge is -2.13. The minimum Gasteiger partial charge on any atom is -0.489 e. The maximum Gasteiger partial charge on any atom is 0.312 e. The molecule has 1 aromatic heterocycles. The second kappa shape index (κ2) is 9.67. The van der Waals surface area contributed by atoms with Crippen molar-refractivity contribution in [3.63, 3.8) is 0 Å². The van der Waals surface area contributed by atoms with Gasteiger partial charge in [0, 0.05) is 31.5 Å². The third-order valence-corrected chi connectivity index (χ3v) is 3.34. The van der Waals surface area contributed by atoms with Gasteiger partial charge in [0.05, 0.1) is 6.61 Å². The van der Waals surface area contributed by atoms with Crippen molar-refractivity contribution in [3.05, 3.63) is 47.9 Å². The molecule has 144 valence electrons. The molecule has 0 amide bonds. The van der Waals surface area contributed by atoms with E-state index in [0.717, 1.165) is 6.07 Å². The topological polar surface area (TPSA) is 76.8 Å². The Morgan fingerprint density at radius 2 is 2.04 bits per heavy atom. The Hall–Kier alpha value is -2.94. The van der Waals surface area contributed by atoms with E-state index in [0.29, 0.717) is 23.6 Å². The highest BCUT2D eigenvalue weighted by atomic mass is 19.3. The molecule has 2 aromatic rings. The minimum absolute atomic E-state index is 0.0893. The first kappa shape index (κ1) is 20.4. The number of rotatable bonds is 7. The lowest BCUT2D eigenvalue weighted by Crippen LogP contribution is -2.19. The van der Waals surface area contributed by atoms with E-state index in [1.165, 1.54) is 32.5 Å². The van der Waals surface area contributed by atoms with Gasteiger partial charge in [-0.05, 0) is 30.3 Å². The summed E-state index contributed by atoms with van der Waals surface area (Å²) in [6.45, 7) is 0.632. The first-order valence-electron chi connectivity index (χ1n) is 7.85. The maximum absolute atomic E-state index is 14.1. The van der Waals surface area contributed by atoms with Gasteiger partial charge in [-0.25, -0.2) is 4.39 Å². The summed E-state index contributed by atoms with van der Waals surface area (Å²) < 4.78 is 54.5. The van der Waals surface area contributed by atoms with Crippen LogP contribution in [-0.4, -0.2) is 50.6 Å². The van der Waals surface area contributed by atoms with Gasteiger partial charge in [-0.3, -0.25) is 15.4 Å². The van der Waals surface area contributed by atoms with Crippen LogP contribution in [0.2, 0.25) is 0 Å². The molecule has 9 heteroatoms. The van der Waals surface area contributed by atoms with E-state index >= 15 is 0 Å². The number of hydrogen-bond donors (Lipinski definition) is 1. The standard InChI is InChI=1S/C18H18F3N3O3/c1-23-18(27-17(22)16(20)21)12-8-11(9-13(19)10-12)15-14(4-3-5-24-15)26-7-6-25-2/h3-5,8-10,16,22H,6-7H2,1-2H3. The molecule has 0 aliphatic heterocycles. The van der Waals surface area contributed by atoms with Crippen molar-refractivity contribution in [1.82, 2.24) is 4.98 Å². The SMILES string of the molecule is CN=C(OC(=N)C(F)F)c1cc(F)cc(-c2ncccc2OCCOC)c1. The van der Waals surface area contributed by atoms with Crippen molar-refractivity contribution >= 4 is 11.8 Å². The van der Waals surface area contributed by atoms with Crippen molar-refractivity contribution < 1.29 is 27.4 Å². The normalized spacial score (nSPS) is 11.6. The Balaban J connectivity index is 2.39. The lowest BCUT2D eigenvalue weighted by molar-refractivity contribution is 0.146. The molecular formula is C18H18F3N3O3. The van der Waals surface area contributed by atoms with E-state index in [1.54, 1.807) is 12.1 Å². The van der Waals surface area contributed by atoms with Crippen molar-refractivity contribution in [3.8, 4) is 17.0 Å². The predicted octanol–water partition coefficient (Wildman–Crippen LogP) is 3.55. The number of nitrogens with one attached hydrogen (secondary N) is 1. The van der Waals surface area contributed by atoms with Crippen LogP contribution in [-0.2, 0) is 9.47 Å². The summed E-state index contributed by atoms with van der Waals surface area (Å²) in [6, 6.07) is 7.09. The first-order chi connectivity index (χ1) is 13.0. The molecule has 0 saturated heterocycles. The summed E-state index contributed by atoms with van der Waals surface area (Å²) >= 11 is 0. The Bertz CT molecular complexity index is 828. The highest BCUT2D eigenvalue weighted by molar-refractivity contribution is 6.02. The molecule has 6 nitrogen and oxygen atoms in total. The van der Waals surface area contributed by atoms with Crippen LogP contribution in [0.1, 0.15) is 5.56 Å². The molecule has 1 aromatic carbocycles. The molecule has 0 radical (unpaired) electrons. The fourth-order valence-electron chi connectivity index (χ4n) is 2.19. The van der Waals surface area contributed by atoms with Crippen LogP contribution in [0.4, 0.5) is 13.2 Å². The number of ether oxygens (including phenoxy) is 3.